The second-order valence-corrected chi connectivity index (χ2v) is 19.3. The van der Waals surface area contributed by atoms with Gasteiger partial charge in [0.25, 0.3) is 16.7 Å². The van der Waals surface area contributed by atoms with Crippen LogP contribution in [-0.2, 0) is 51.6 Å². The maximum atomic E-state index is 14.6. The van der Waals surface area contributed by atoms with Gasteiger partial charge in [-0.2, -0.15) is 0 Å². The highest BCUT2D eigenvalue weighted by molar-refractivity contribution is 6.16. The summed E-state index contributed by atoms with van der Waals surface area (Å²) in [6, 6.07) is 3.41. The standard InChI is InChI=1S/C47H69N9O15/c1-51(2)13-7-11-25-19-27-34-33-28(43(65)55(44(66)32(25)33)17-9-14-52(3)4)20-29(35(34)45(67)56(42(27)64)18-10-15-53(5)6)48-12-8-16-54-21-26(49-50-54)24-68-46-40(63)38(61)41(31(23-58)70-46)71-47-39(62)37(60)36(59)30(22-57)69-47/h19-21,30-31,36-41,46-47,57-64H,7-18,22-24H2,1-6H3/t30-,31-,36+,37+,38-,39-,40-,41-,46-,47+/m1/s1. The molecule has 10 atom stereocenters. The van der Waals surface area contributed by atoms with Crippen molar-refractivity contribution >= 4 is 21.5 Å². The summed E-state index contributed by atoms with van der Waals surface area (Å²) in [5, 5.41) is 93.9. The van der Waals surface area contributed by atoms with Gasteiger partial charge < -0.3 is 74.5 Å². The minimum absolute atomic E-state index is 0.173. The van der Waals surface area contributed by atoms with Crippen molar-refractivity contribution in [3.63, 3.8) is 0 Å². The topological polar surface area (TPSA) is 313 Å². The van der Waals surface area contributed by atoms with Crippen LogP contribution in [0.1, 0.15) is 36.9 Å². The molecule has 0 spiro atoms. The quantitative estimate of drug-likeness (QED) is 0.0232. The Morgan fingerprint density at radius 3 is 1.97 bits per heavy atom. The molecule has 24 nitrogen and oxygen atoms in total. The summed E-state index contributed by atoms with van der Waals surface area (Å²) < 4.78 is 26.6. The van der Waals surface area contributed by atoms with Crippen LogP contribution in [0.25, 0.3) is 32.7 Å². The molecule has 3 aliphatic heterocycles. The lowest BCUT2D eigenvalue weighted by molar-refractivity contribution is -0.360. The fraction of sp³-hybridized carbons (Fsp3) is 0.660. The second-order valence-electron chi connectivity index (χ2n) is 19.3. The van der Waals surface area contributed by atoms with Gasteiger partial charge in [-0.3, -0.25) is 33.2 Å². The first-order valence-corrected chi connectivity index (χ1v) is 24.0. The van der Waals surface area contributed by atoms with E-state index in [9.17, 15) is 55.2 Å². The molecule has 3 aromatic rings. The maximum absolute atomic E-state index is 14.6. The van der Waals surface area contributed by atoms with E-state index in [4.69, 9.17) is 23.9 Å². The molecule has 7 rings (SSSR count). The van der Waals surface area contributed by atoms with E-state index in [1.807, 2.05) is 57.0 Å². The molecule has 0 radical (unpaired) electrons. The lowest BCUT2D eigenvalue weighted by Crippen LogP contribution is -2.64. The van der Waals surface area contributed by atoms with Gasteiger partial charge in [0.2, 0.25) is 5.88 Å². The highest BCUT2D eigenvalue weighted by atomic mass is 16.7. The molecule has 1 aliphatic carbocycles. The third kappa shape index (κ3) is 11.6. The number of ether oxygens (including phenoxy) is 4. The van der Waals surface area contributed by atoms with Gasteiger partial charge in [-0.25, -0.2) is 0 Å². The van der Waals surface area contributed by atoms with Gasteiger partial charge in [0.1, 0.15) is 54.5 Å². The third-order valence-electron chi connectivity index (χ3n) is 13.2. The van der Waals surface area contributed by atoms with Crippen molar-refractivity contribution in [2.45, 2.75) is 120 Å². The molecule has 392 valence electrons. The number of hydrogen-bond acceptors (Lipinski definition) is 21. The van der Waals surface area contributed by atoms with E-state index in [2.05, 4.69) is 10.3 Å². The monoisotopic (exact) mass is 999 g/mol. The fourth-order valence-electron chi connectivity index (χ4n) is 9.45. The van der Waals surface area contributed by atoms with Gasteiger partial charge in [0.05, 0.1) is 47.7 Å². The van der Waals surface area contributed by atoms with E-state index in [1.165, 1.54) is 13.8 Å². The lowest BCUT2D eigenvalue weighted by atomic mass is 9.87. The van der Waals surface area contributed by atoms with Crippen LogP contribution in [0.5, 0.6) is 5.88 Å². The number of aromatic hydroxyl groups is 1. The van der Waals surface area contributed by atoms with Gasteiger partial charge in [0.15, 0.2) is 12.6 Å². The Bertz CT molecular complexity index is 2760. The number of aliphatic hydroxyl groups excluding tert-OH is 7. The largest absolute Gasteiger partial charge is 0.494 e. The number of hydrogen-bond donors (Lipinski definition) is 8. The highest BCUT2D eigenvalue weighted by Gasteiger charge is 2.51. The van der Waals surface area contributed by atoms with E-state index >= 15 is 0 Å². The number of rotatable bonds is 23. The Labute approximate surface area is 408 Å². The van der Waals surface area contributed by atoms with E-state index < -0.39 is 91.3 Å². The molecule has 2 saturated heterocycles. The van der Waals surface area contributed by atoms with Crippen LogP contribution in [0, 0.1) is 0 Å². The molecule has 2 aromatic heterocycles. The van der Waals surface area contributed by atoms with Crippen molar-refractivity contribution in [2.24, 2.45) is 4.99 Å². The minimum Gasteiger partial charge on any atom is -0.494 e. The Morgan fingerprint density at radius 1 is 0.690 bits per heavy atom. The molecular weight excluding hydrogens is 931 g/mol. The van der Waals surface area contributed by atoms with Crippen molar-refractivity contribution in [3.05, 3.63) is 66.0 Å². The van der Waals surface area contributed by atoms with Gasteiger partial charge in [-0.1, -0.05) is 5.21 Å². The zero-order valence-electron chi connectivity index (χ0n) is 41.1. The molecule has 0 amide bonds. The molecule has 5 heterocycles. The van der Waals surface area contributed by atoms with Crippen molar-refractivity contribution in [2.75, 3.05) is 81.7 Å². The van der Waals surface area contributed by atoms with E-state index in [0.717, 1.165) is 6.54 Å². The number of nitrogens with zero attached hydrogens (tertiary/aromatic N) is 9. The number of pyridine rings is 2. The number of aryl methyl sites for hydroxylation is 2. The smallest absolute Gasteiger partial charge is 0.263 e. The summed E-state index contributed by atoms with van der Waals surface area (Å²) in [6.45, 7) is 1.22. The summed E-state index contributed by atoms with van der Waals surface area (Å²) in [6.07, 6.45) is -11.7. The van der Waals surface area contributed by atoms with Crippen LogP contribution in [0.4, 0.5) is 0 Å². The predicted molar refractivity (Wildman–Crippen MR) is 256 cm³/mol. The Morgan fingerprint density at radius 2 is 1.31 bits per heavy atom. The van der Waals surface area contributed by atoms with Gasteiger partial charge in [-0.05, 0) is 112 Å². The molecule has 0 saturated carbocycles. The van der Waals surface area contributed by atoms with Crippen molar-refractivity contribution in [1.82, 2.24) is 38.8 Å². The molecule has 1 aromatic carbocycles. The fourth-order valence-corrected chi connectivity index (χ4v) is 9.45. The lowest BCUT2D eigenvalue weighted by Gasteiger charge is -2.45. The first-order valence-electron chi connectivity index (χ1n) is 24.0. The van der Waals surface area contributed by atoms with Crippen molar-refractivity contribution < 1.29 is 59.8 Å². The Kier molecular flexibility index (Phi) is 17.9. The Balaban J connectivity index is 1.13. The zero-order chi connectivity index (χ0) is 51.4. The second kappa shape index (κ2) is 23.5. The highest BCUT2D eigenvalue weighted by Crippen LogP contribution is 2.39. The van der Waals surface area contributed by atoms with E-state index in [1.54, 1.807) is 18.3 Å². The van der Waals surface area contributed by atoms with E-state index in [-0.39, 0.29) is 48.4 Å². The van der Waals surface area contributed by atoms with Crippen molar-refractivity contribution in [1.29, 1.82) is 0 Å². The predicted octanol–water partition coefficient (Wildman–Crippen LogP) is -3.52. The first-order chi connectivity index (χ1) is 33.9. The molecule has 71 heavy (non-hydrogen) atoms. The van der Waals surface area contributed by atoms with E-state index in [0.29, 0.717) is 84.7 Å². The van der Waals surface area contributed by atoms with Gasteiger partial charge in [-0.15, -0.1) is 5.10 Å². The van der Waals surface area contributed by atoms with Crippen molar-refractivity contribution in [3.8, 4) is 17.0 Å². The summed E-state index contributed by atoms with van der Waals surface area (Å²) in [7, 11) is 11.6. The third-order valence-corrected chi connectivity index (χ3v) is 13.2. The van der Waals surface area contributed by atoms with Crippen LogP contribution in [0.2, 0.25) is 0 Å². The first kappa shape index (κ1) is 54.1. The normalized spacial score (nSPS) is 25.7. The maximum Gasteiger partial charge on any atom is 0.263 e. The molecule has 2 fully saturated rings. The summed E-state index contributed by atoms with van der Waals surface area (Å²) >= 11 is 0. The molecule has 0 unspecified atom stereocenters. The summed E-state index contributed by atoms with van der Waals surface area (Å²) in [4.78, 5) is 54.5. The number of aliphatic hydroxyl groups is 7. The van der Waals surface area contributed by atoms with Crippen LogP contribution in [0.3, 0.4) is 0 Å². The molecule has 4 aliphatic rings. The summed E-state index contributed by atoms with van der Waals surface area (Å²) in [5.74, 6) is -0.233. The molecular formula is C47H69N9O15. The average molecular weight is 1000 g/mol. The van der Waals surface area contributed by atoms with Crippen LogP contribution in [0.15, 0.2) is 37.7 Å². The molecule has 0 bridgehead atoms. The zero-order valence-corrected chi connectivity index (χ0v) is 41.1. The number of benzene rings is 2. The van der Waals surface area contributed by atoms with Crippen LogP contribution < -0.4 is 22.0 Å². The molecule has 8 N–H and O–H groups in total. The van der Waals surface area contributed by atoms with Crippen LogP contribution in [-0.4, -0.2) is 223 Å². The summed E-state index contributed by atoms with van der Waals surface area (Å²) in [5.41, 5.74) is 0.193. The average Bonchev–Trinajstić information content (AvgIpc) is 3.79. The number of aromatic nitrogens is 5. The van der Waals surface area contributed by atoms with Gasteiger partial charge in [0, 0.05) is 42.5 Å². The molecule has 24 heteroatoms. The minimum atomic E-state index is -1.81. The SMILES string of the molecule is CN(C)CCCc1cc2c(O)n(CCCN(C)C)c(=O)c3c(=NCCCn4cc(CO[C@@H]5O[C@H](CO)[C@@H](O[C@@H]6O[C@H](CO)[C@H](O)[C@H](O)[C@H]6O)[C@H](O)[C@H]5O)nn4)cc4c(=O)n(CCCN(C)C)c(=O)c1c-4c23. The van der Waals surface area contributed by atoms with Crippen LogP contribution >= 0.6 is 0 Å². The van der Waals surface area contributed by atoms with Gasteiger partial charge >= 0.3 is 0 Å². The Hall–Kier alpha value is -4.64.